The van der Waals surface area contributed by atoms with E-state index in [2.05, 4.69) is 35.3 Å². The number of benzene rings is 8. The molecule has 6 heteroatoms. The maximum absolute atomic E-state index is 14.3. The van der Waals surface area contributed by atoms with Gasteiger partial charge in [0.15, 0.2) is 17.5 Å². The molecule has 278 valence electrons. The van der Waals surface area contributed by atoms with Crippen molar-refractivity contribution in [1.29, 1.82) is 0 Å². The van der Waals surface area contributed by atoms with Crippen molar-refractivity contribution < 1.29 is 20.8 Å². The molecular formula is C53H33N3O2S. The van der Waals surface area contributed by atoms with Crippen molar-refractivity contribution in [1.82, 2.24) is 15.0 Å². The molecule has 2 heterocycles. The van der Waals surface area contributed by atoms with E-state index in [4.69, 9.17) is 22.3 Å². The molecule has 0 radical (unpaired) electrons. The van der Waals surface area contributed by atoms with Crippen LogP contribution in [-0.2, 0) is 15.3 Å². The lowest BCUT2D eigenvalue weighted by atomic mass is 9.65. The van der Waals surface area contributed by atoms with Crippen molar-refractivity contribution in [2.24, 2.45) is 0 Å². The molecule has 9 aromatic rings. The fourth-order valence-electron chi connectivity index (χ4n) is 9.46. The maximum atomic E-state index is 14.3. The second-order valence-corrected chi connectivity index (χ2v) is 16.7. The second kappa shape index (κ2) is 12.4. The van der Waals surface area contributed by atoms with Crippen LogP contribution in [0.25, 0.3) is 78.7 Å². The summed E-state index contributed by atoms with van der Waals surface area (Å²) in [6, 6.07) is 36.4. The van der Waals surface area contributed by atoms with E-state index in [0.717, 1.165) is 55.6 Å². The van der Waals surface area contributed by atoms with Gasteiger partial charge < -0.3 is 0 Å². The first-order valence-corrected chi connectivity index (χ1v) is 20.5. The molecule has 1 unspecified atom stereocenters. The Kier molecular flexibility index (Phi) is 5.42. The van der Waals surface area contributed by atoms with E-state index >= 15 is 0 Å². The number of hydrogen-bond acceptors (Lipinski definition) is 5. The SMILES string of the molecule is [2H]c1c([2H])c([2H])c(-c2nc(-c3ccc4c(c3)C3(c5ccccc5-c5ccccc5-4)c4ccccc4-c4c3ccc3c4-c4ccccc4S3(=O)=O)nc(-c3c([2H])c([2H])c([2H])c(C)c3[2H])n2)c([2H])c1[2H]. The minimum atomic E-state index is -3.86. The summed E-state index contributed by atoms with van der Waals surface area (Å²) in [6.07, 6.45) is 0. The summed E-state index contributed by atoms with van der Waals surface area (Å²) in [5.41, 5.74) is 9.03. The van der Waals surface area contributed by atoms with Gasteiger partial charge in [0.2, 0.25) is 9.84 Å². The zero-order chi connectivity index (χ0) is 47.3. The molecule has 0 saturated carbocycles. The summed E-state index contributed by atoms with van der Waals surface area (Å²) in [5.74, 6) is -0.581. The monoisotopic (exact) mass is 784 g/mol. The highest BCUT2D eigenvalue weighted by atomic mass is 32.2. The first kappa shape index (κ1) is 25.9. The molecule has 1 atom stereocenters. The molecule has 0 N–H and O–H groups in total. The fraction of sp³-hybridized carbons (Fsp3) is 0.0377. The van der Waals surface area contributed by atoms with E-state index in [0.29, 0.717) is 16.7 Å². The van der Waals surface area contributed by atoms with Gasteiger partial charge >= 0.3 is 0 Å². The van der Waals surface area contributed by atoms with Crippen LogP contribution in [0.1, 0.15) is 40.2 Å². The number of sulfone groups is 1. The Balaban J connectivity index is 1.23. The topological polar surface area (TPSA) is 72.8 Å². The highest BCUT2D eigenvalue weighted by Gasteiger charge is 2.52. The smallest absolute Gasteiger partial charge is 0.207 e. The molecule has 59 heavy (non-hydrogen) atoms. The van der Waals surface area contributed by atoms with Crippen LogP contribution < -0.4 is 0 Å². The average Bonchev–Trinajstić information content (AvgIpc) is 3.75. The molecule has 0 amide bonds. The maximum Gasteiger partial charge on any atom is 0.207 e. The van der Waals surface area contributed by atoms with E-state index < -0.39 is 57.5 Å². The van der Waals surface area contributed by atoms with Gasteiger partial charge in [0.05, 0.1) is 27.5 Å². The van der Waals surface area contributed by atoms with Gasteiger partial charge in [0.25, 0.3) is 0 Å². The molecule has 2 aliphatic carbocycles. The number of rotatable bonds is 3. The Morgan fingerprint density at radius 2 is 1.03 bits per heavy atom. The van der Waals surface area contributed by atoms with E-state index in [1.54, 1.807) is 18.2 Å². The first-order valence-electron chi connectivity index (χ1n) is 23.5. The van der Waals surface area contributed by atoms with Crippen LogP contribution in [-0.4, -0.2) is 23.4 Å². The van der Waals surface area contributed by atoms with Gasteiger partial charge in [0.1, 0.15) is 0 Å². The summed E-state index contributed by atoms with van der Waals surface area (Å²) in [7, 11) is -3.86. The number of nitrogens with zero attached hydrogens (tertiary/aromatic N) is 3. The molecule has 1 spiro atoms. The second-order valence-electron chi connectivity index (χ2n) is 14.8. The van der Waals surface area contributed by atoms with Gasteiger partial charge in [-0.2, -0.15) is 0 Å². The van der Waals surface area contributed by atoms with Gasteiger partial charge in [-0.3, -0.25) is 0 Å². The summed E-state index contributed by atoms with van der Waals surface area (Å²) in [6.45, 7) is 1.49. The molecular weight excluding hydrogens is 743 g/mol. The van der Waals surface area contributed by atoms with Crippen LogP contribution in [0.3, 0.4) is 0 Å². The third-order valence-corrected chi connectivity index (χ3v) is 13.6. The van der Waals surface area contributed by atoms with E-state index in [-0.39, 0.29) is 56.0 Å². The van der Waals surface area contributed by atoms with E-state index in [1.807, 2.05) is 78.9 Å². The lowest BCUT2D eigenvalue weighted by Crippen LogP contribution is -2.29. The summed E-state index contributed by atoms with van der Waals surface area (Å²) in [4.78, 5) is 14.8. The molecule has 12 rings (SSSR count). The minimum absolute atomic E-state index is 0.0148. The standard InChI is InChI=1S/C53H33N3O2S/c1-32-14-13-17-34(30-32)51-54-50(33-15-3-2-4-16-33)55-52(56-51)35-26-27-39-37-19-6-5-18-36(37)38-20-7-10-23-42(38)53(45(39)31-35)43-24-11-8-21-40(43)48-44(53)28-29-47-49(48)41-22-9-12-25-46(41)59(47,57)58/h2-31H,1H3/i2D,3D,4D,13D,14D,15D,16D,17D,30D. The Hall–Kier alpha value is -7.28. The zero-order valence-corrected chi connectivity index (χ0v) is 32.0. The van der Waals surface area contributed by atoms with Gasteiger partial charge in [-0.15, -0.1) is 0 Å². The molecule has 0 fully saturated rings. The van der Waals surface area contributed by atoms with Crippen LogP contribution in [0, 0.1) is 6.92 Å². The van der Waals surface area contributed by atoms with Crippen LogP contribution in [0.4, 0.5) is 0 Å². The normalized spacial score (nSPS) is 18.0. The van der Waals surface area contributed by atoms with Gasteiger partial charge in [-0.25, -0.2) is 23.4 Å². The van der Waals surface area contributed by atoms with Gasteiger partial charge in [0, 0.05) is 27.8 Å². The highest BCUT2D eigenvalue weighted by Crippen LogP contribution is 2.64. The van der Waals surface area contributed by atoms with E-state index in [9.17, 15) is 8.42 Å². The number of fused-ring (bicyclic) bond motifs is 16. The molecule has 1 aliphatic heterocycles. The van der Waals surface area contributed by atoms with Crippen molar-refractivity contribution in [2.75, 3.05) is 0 Å². The van der Waals surface area contributed by atoms with Crippen molar-refractivity contribution in [3.05, 3.63) is 210 Å². The van der Waals surface area contributed by atoms with Crippen molar-refractivity contribution >= 4 is 9.84 Å². The lowest BCUT2D eigenvalue weighted by Gasteiger charge is -2.35. The number of hydrogen-bond donors (Lipinski definition) is 0. The van der Waals surface area contributed by atoms with Gasteiger partial charge in [-0.05, 0) is 86.8 Å². The van der Waals surface area contributed by atoms with E-state index in [1.165, 1.54) is 6.92 Å². The predicted molar refractivity (Wildman–Crippen MR) is 233 cm³/mol. The minimum Gasteiger partial charge on any atom is -0.218 e. The van der Waals surface area contributed by atoms with Gasteiger partial charge in [-0.1, -0.05) is 163 Å². The van der Waals surface area contributed by atoms with Crippen LogP contribution in [0.15, 0.2) is 192 Å². The zero-order valence-electron chi connectivity index (χ0n) is 40.2. The molecule has 0 saturated heterocycles. The molecule has 0 bridgehead atoms. The Morgan fingerprint density at radius 3 is 1.78 bits per heavy atom. The van der Waals surface area contributed by atoms with Crippen molar-refractivity contribution in [3.8, 4) is 78.7 Å². The summed E-state index contributed by atoms with van der Waals surface area (Å²) >= 11 is 0. The van der Waals surface area contributed by atoms with Crippen molar-refractivity contribution in [2.45, 2.75) is 22.1 Å². The van der Waals surface area contributed by atoms with Crippen LogP contribution in [0.5, 0.6) is 0 Å². The third-order valence-electron chi connectivity index (χ3n) is 11.8. The Bertz CT molecular complexity index is 3770. The lowest BCUT2D eigenvalue weighted by molar-refractivity contribution is 0.598. The number of aromatic nitrogens is 3. The largest absolute Gasteiger partial charge is 0.218 e. The molecule has 8 aromatic carbocycles. The van der Waals surface area contributed by atoms with Crippen LogP contribution >= 0.6 is 0 Å². The molecule has 1 aromatic heterocycles. The fourth-order valence-corrected chi connectivity index (χ4v) is 11.1. The summed E-state index contributed by atoms with van der Waals surface area (Å²) < 4.78 is 107. The first-order chi connectivity index (χ1) is 32.7. The Morgan fingerprint density at radius 1 is 0.458 bits per heavy atom. The summed E-state index contributed by atoms with van der Waals surface area (Å²) in [5, 5.41) is 0. The van der Waals surface area contributed by atoms with Crippen LogP contribution in [0.2, 0.25) is 0 Å². The highest BCUT2D eigenvalue weighted by molar-refractivity contribution is 7.92. The molecule has 3 aliphatic rings. The quantitative estimate of drug-likeness (QED) is 0.178. The molecule has 5 nitrogen and oxygen atoms in total. The van der Waals surface area contributed by atoms with Crippen molar-refractivity contribution in [3.63, 3.8) is 0 Å². The predicted octanol–water partition coefficient (Wildman–Crippen LogP) is 12.0. The average molecular weight is 785 g/mol. The Labute approximate surface area is 355 Å². The third kappa shape index (κ3) is 4.66.